The molecule has 1 aromatic carbocycles. The van der Waals surface area contributed by atoms with Crippen molar-refractivity contribution in [3.63, 3.8) is 0 Å². The van der Waals surface area contributed by atoms with E-state index in [4.69, 9.17) is 9.15 Å². The standard InChI is InChI=1S/C23H28FN3O4S/c1-17-13-23(8-11-32(28,29)27(23)20-6-2-5-19(24)12-20)7-9-26(17)14-21-22(31-16-25-21)18-4-3-10-30-15-18/h2,5-6,8,11-12,16-18H,3-4,7,9-10,13-15H2,1H3/t17-,18?,23-/m0/s1. The van der Waals surface area contributed by atoms with Gasteiger partial charge in [0, 0.05) is 37.1 Å². The minimum atomic E-state index is -3.65. The molecular weight excluding hydrogens is 433 g/mol. The second-order valence-electron chi connectivity index (χ2n) is 9.05. The lowest BCUT2D eigenvalue weighted by atomic mass is 9.83. The maximum Gasteiger partial charge on any atom is 0.258 e. The number of benzene rings is 1. The number of oxazole rings is 1. The van der Waals surface area contributed by atoms with Crippen LogP contribution in [0.1, 0.15) is 50.0 Å². The molecule has 3 atom stereocenters. The molecule has 172 valence electrons. The zero-order valence-corrected chi connectivity index (χ0v) is 18.9. The first-order chi connectivity index (χ1) is 15.4. The van der Waals surface area contributed by atoms with Crippen molar-refractivity contribution in [2.24, 2.45) is 0 Å². The number of piperidine rings is 1. The number of nitrogens with zero attached hydrogens (tertiary/aromatic N) is 3. The molecule has 7 nitrogen and oxygen atoms in total. The summed E-state index contributed by atoms with van der Waals surface area (Å²) < 4.78 is 52.4. The fraction of sp³-hybridized carbons (Fsp3) is 0.522. The normalized spacial score (nSPS) is 30.2. The predicted molar refractivity (Wildman–Crippen MR) is 118 cm³/mol. The van der Waals surface area contributed by atoms with E-state index in [0.29, 0.717) is 38.2 Å². The Kier molecular flexibility index (Phi) is 5.59. The average Bonchev–Trinajstić information content (AvgIpc) is 3.33. The van der Waals surface area contributed by atoms with Gasteiger partial charge in [-0.05, 0) is 56.9 Å². The molecule has 2 fully saturated rings. The van der Waals surface area contributed by atoms with Crippen molar-refractivity contribution < 1.29 is 22.0 Å². The van der Waals surface area contributed by atoms with Crippen LogP contribution < -0.4 is 4.31 Å². The van der Waals surface area contributed by atoms with Crippen LogP contribution in [-0.2, 0) is 21.3 Å². The van der Waals surface area contributed by atoms with Crippen LogP contribution >= 0.6 is 0 Å². The first-order valence-corrected chi connectivity index (χ1v) is 12.6. The number of hydrogen-bond acceptors (Lipinski definition) is 6. The van der Waals surface area contributed by atoms with Crippen LogP contribution in [0.5, 0.6) is 0 Å². The quantitative estimate of drug-likeness (QED) is 0.690. The number of halogens is 1. The van der Waals surface area contributed by atoms with Gasteiger partial charge in [-0.2, -0.15) is 0 Å². The van der Waals surface area contributed by atoms with E-state index >= 15 is 0 Å². The number of sulfonamides is 1. The summed E-state index contributed by atoms with van der Waals surface area (Å²) in [5.41, 5.74) is 0.610. The Morgan fingerprint density at radius 3 is 2.97 bits per heavy atom. The predicted octanol–water partition coefficient (Wildman–Crippen LogP) is 3.79. The molecule has 9 heteroatoms. The second kappa shape index (κ2) is 8.28. The highest BCUT2D eigenvalue weighted by atomic mass is 32.2. The fourth-order valence-electron chi connectivity index (χ4n) is 5.34. The van der Waals surface area contributed by atoms with Gasteiger partial charge in [0.25, 0.3) is 10.0 Å². The molecule has 4 heterocycles. The van der Waals surface area contributed by atoms with Gasteiger partial charge < -0.3 is 9.15 Å². The molecule has 5 rings (SSSR count). The molecule has 3 aliphatic heterocycles. The topological polar surface area (TPSA) is 75.9 Å². The molecule has 0 radical (unpaired) electrons. The summed E-state index contributed by atoms with van der Waals surface area (Å²) >= 11 is 0. The van der Waals surface area contributed by atoms with E-state index in [0.717, 1.165) is 30.9 Å². The summed E-state index contributed by atoms with van der Waals surface area (Å²) in [7, 11) is -3.65. The lowest BCUT2D eigenvalue weighted by Gasteiger charge is -2.47. The van der Waals surface area contributed by atoms with E-state index in [9.17, 15) is 12.8 Å². The summed E-state index contributed by atoms with van der Waals surface area (Å²) in [4.78, 5) is 6.80. The zero-order valence-electron chi connectivity index (χ0n) is 18.1. The maximum absolute atomic E-state index is 13.9. The summed E-state index contributed by atoms with van der Waals surface area (Å²) in [6.45, 7) is 4.90. The third-order valence-electron chi connectivity index (χ3n) is 6.91. The first-order valence-electron chi connectivity index (χ1n) is 11.1. The lowest BCUT2D eigenvalue weighted by Crippen LogP contribution is -2.56. The van der Waals surface area contributed by atoms with Crippen LogP contribution in [0.15, 0.2) is 46.6 Å². The minimum Gasteiger partial charge on any atom is -0.448 e. The van der Waals surface area contributed by atoms with Gasteiger partial charge in [-0.25, -0.2) is 17.8 Å². The summed E-state index contributed by atoms with van der Waals surface area (Å²) in [6, 6.07) is 5.92. The van der Waals surface area contributed by atoms with Gasteiger partial charge in [-0.3, -0.25) is 9.21 Å². The molecule has 0 aliphatic carbocycles. The van der Waals surface area contributed by atoms with Crippen molar-refractivity contribution in [1.29, 1.82) is 0 Å². The highest BCUT2D eigenvalue weighted by molar-refractivity contribution is 7.96. The van der Waals surface area contributed by atoms with Crippen LogP contribution in [-0.4, -0.2) is 49.6 Å². The Morgan fingerprint density at radius 1 is 1.34 bits per heavy atom. The van der Waals surface area contributed by atoms with Crippen molar-refractivity contribution >= 4 is 15.7 Å². The molecule has 2 aromatic rings. The fourth-order valence-corrected chi connectivity index (χ4v) is 7.03. The molecule has 0 bridgehead atoms. The number of aromatic nitrogens is 1. The first kappa shape index (κ1) is 21.6. The maximum atomic E-state index is 13.9. The molecule has 0 N–H and O–H groups in total. The van der Waals surface area contributed by atoms with Crippen LogP contribution in [0.3, 0.4) is 0 Å². The van der Waals surface area contributed by atoms with Crippen LogP contribution in [0.4, 0.5) is 10.1 Å². The third kappa shape index (κ3) is 3.86. The van der Waals surface area contributed by atoms with Gasteiger partial charge in [-0.1, -0.05) is 6.07 Å². The molecule has 0 saturated carbocycles. The van der Waals surface area contributed by atoms with E-state index in [1.54, 1.807) is 18.2 Å². The molecule has 1 unspecified atom stereocenters. The van der Waals surface area contributed by atoms with E-state index in [1.807, 2.05) is 0 Å². The minimum absolute atomic E-state index is 0.102. The average molecular weight is 462 g/mol. The van der Waals surface area contributed by atoms with Crippen LogP contribution in [0.25, 0.3) is 0 Å². The van der Waals surface area contributed by atoms with Crippen molar-refractivity contribution in [1.82, 2.24) is 9.88 Å². The van der Waals surface area contributed by atoms with E-state index in [2.05, 4.69) is 16.8 Å². The van der Waals surface area contributed by atoms with Crippen LogP contribution in [0.2, 0.25) is 0 Å². The Labute approximate surface area is 187 Å². The van der Waals surface area contributed by atoms with Crippen molar-refractivity contribution in [3.05, 3.63) is 59.4 Å². The number of hydrogen-bond donors (Lipinski definition) is 0. The van der Waals surface area contributed by atoms with E-state index < -0.39 is 21.4 Å². The highest BCUT2D eigenvalue weighted by Gasteiger charge is 2.49. The van der Waals surface area contributed by atoms with Gasteiger partial charge in [0.2, 0.25) is 0 Å². The smallest absolute Gasteiger partial charge is 0.258 e. The largest absolute Gasteiger partial charge is 0.448 e. The Hall–Kier alpha value is -2.23. The van der Waals surface area contributed by atoms with E-state index in [1.165, 1.54) is 28.2 Å². The zero-order chi connectivity index (χ0) is 22.3. The summed E-state index contributed by atoms with van der Waals surface area (Å²) in [6.07, 6.45) is 6.56. The Morgan fingerprint density at radius 2 is 2.22 bits per heavy atom. The monoisotopic (exact) mass is 461 g/mol. The number of ether oxygens (including phenoxy) is 1. The third-order valence-corrected chi connectivity index (χ3v) is 8.48. The molecule has 1 aromatic heterocycles. The molecule has 1 spiro atoms. The number of anilines is 1. The van der Waals surface area contributed by atoms with Gasteiger partial charge >= 0.3 is 0 Å². The molecule has 2 saturated heterocycles. The van der Waals surface area contributed by atoms with Gasteiger partial charge in [0.1, 0.15) is 11.6 Å². The number of rotatable bonds is 4. The lowest BCUT2D eigenvalue weighted by molar-refractivity contribution is 0.0725. The summed E-state index contributed by atoms with van der Waals surface area (Å²) in [5, 5.41) is 1.26. The van der Waals surface area contributed by atoms with Gasteiger partial charge in [0.15, 0.2) is 6.39 Å². The SMILES string of the molecule is C[C@H]1C[C@@]2(C=CS(=O)(=O)N2c2cccc(F)c2)CCN1Cc1ncoc1C1CCCOC1. The highest BCUT2D eigenvalue weighted by Crippen LogP contribution is 2.43. The van der Waals surface area contributed by atoms with Crippen molar-refractivity contribution in [3.8, 4) is 0 Å². The summed E-state index contributed by atoms with van der Waals surface area (Å²) in [5.74, 6) is 0.691. The van der Waals surface area contributed by atoms with Gasteiger partial charge in [0.05, 0.1) is 23.5 Å². The second-order valence-corrected chi connectivity index (χ2v) is 10.7. The number of likely N-dealkylation sites (tertiary alicyclic amines) is 1. The van der Waals surface area contributed by atoms with E-state index in [-0.39, 0.29) is 12.0 Å². The van der Waals surface area contributed by atoms with Crippen LogP contribution in [0, 0.1) is 5.82 Å². The van der Waals surface area contributed by atoms with Crippen molar-refractivity contribution in [2.75, 3.05) is 24.1 Å². The molecule has 0 amide bonds. The molecule has 32 heavy (non-hydrogen) atoms. The molecule has 3 aliphatic rings. The van der Waals surface area contributed by atoms with Crippen molar-refractivity contribution in [2.45, 2.75) is 56.7 Å². The Balaban J connectivity index is 1.35. The Bertz CT molecular complexity index is 1110. The molecular formula is C23H28FN3O4S. The van der Waals surface area contributed by atoms with Gasteiger partial charge in [-0.15, -0.1) is 0 Å².